The molecule has 1 aliphatic heterocycles. The standard InChI is InChI=1S/C12H22N2O3/c1-3-13-11(15)5-7-14-6-4-9(2)8-10(14)12(16)17/h9-10H,3-8H2,1-2H3,(H,13,15)(H,16,17). The Balaban J connectivity index is 2.44. The quantitative estimate of drug-likeness (QED) is 0.744. The van der Waals surface area contributed by atoms with Crippen LogP contribution in [0.1, 0.15) is 33.1 Å². The van der Waals surface area contributed by atoms with Gasteiger partial charge in [0.25, 0.3) is 0 Å². The van der Waals surface area contributed by atoms with Gasteiger partial charge in [0, 0.05) is 19.5 Å². The zero-order chi connectivity index (χ0) is 12.8. The average molecular weight is 242 g/mol. The molecule has 0 aromatic heterocycles. The second-order valence-corrected chi connectivity index (χ2v) is 4.72. The lowest BCUT2D eigenvalue weighted by Crippen LogP contribution is -2.47. The summed E-state index contributed by atoms with van der Waals surface area (Å²) in [7, 11) is 0. The maximum atomic E-state index is 11.3. The number of likely N-dealkylation sites (tertiary alicyclic amines) is 1. The maximum Gasteiger partial charge on any atom is 0.320 e. The summed E-state index contributed by atoms with van der Waals surface area (Å²) >= 11 is 0. The molecule has 2 atom stereocenters. The fraction of sp³-hybridized carbons (Fsp3) is 0.833. The van der Waals surface area contributed by atoms with Crippen molar-refractivity contribution in [1.29, 1.82) is 0 Å². The lowest BCUT2D eigenvalue weighted by Gasteiger charge is -2.35. The summed E-state index contributed by atoms with van der Waals surface area (Å²) < 4.78 is 0. The molecule has 2 N–H and O–H groups in total. The molecule has 1 aliphatic rings. The Morgan fingerprint density at radius 3 is 2.76 bits per heavy atom. The first-order valence-corrected chi connectivity index (χ1v) is 6.28. The van der Waals surface area contributed by atoms with Crippen LogP contribution in [-0.2, 0) is 9.59 Å². The van der Waals surface area contributed by atoms with E-state index in [0.29, 0.717) is 31.8 Å². The number of aliphatic carboxylic acids is 1. The Labute approximate surface area is 102 Å². The summed E-state index contributed by atoms with van der Waals surface area (Å²) in [6, 6.07) is -0.423. The Morgan fingerprint density at radius 2 is 2.18 bits per heavy atom. The zero-order valence-electron chi connectivity index (χ0n) is 10.6. The summed E-state index contributed by atoms with van der Waals surface area (Å²) in [6.45, 7) is 5.89. The van der Waals surface area contributed by atoms with Crippen molar-refractivity contribution in [3.8, 4) is 0 Å². The SMILES string of the molecule is CCNC(=O)CCN1CCC(C)CC1C(=O)O. The topological polar surface area (TPSA) is 69.6 Å². The van der Waals surface area contributed by atoms with E-state index in [1.54, 1.807) is 0 Å². The van der Waals surface area contributed by atoms with Gasteiger partial charge in [0.2, 0.25) is 5.91 Å². The maximum absolute atomic E-state index is 11.3. The van der Waals surface area contributed by atoms with Gasteiger partial charge in [0.15, 0.2) is 0 Å². The van der Waals surface area contributed by atoms with Crippen molar-refractivity contribution in [1.82, 2.24) is 10.2 Å². The summed E-state index contributed by atoms with van der Waals surface area (Å²) in [4.78, 5) is 24.4. The van der Waals surface area contributed by atoms with Gasteiger partial charge in [0.1, 0.15) is 6.04 Å². The first-order chi connectivity index (χ1) is 8.04. The summed E-state index contributed by atoms with van der Waals surface area (Å²) in [5.74, 6) is -0.320. The molecule has 1 amide bonds. The van der Waals surface area contributed by atoms with Gasteiger partial charge in [-0.25, -0.2) is 0 Å². The third-order valence-electron chi connectivity index (χ3n) is 3.26. The van der Waals surface area contributed by atoms with Gasteiger partial charge in [-0.2, -0.15) is 0 Å². The molecule has 17 heavy (non-hydrogen) atoms. The van der Waals surface area contributed by atoms with Crippen molar-refractivity contribution in [2.24, 2.45) is 5.92 Å². The van der Waals surface area contributed by atoms with Crippen molar-refractivity contribution < 1.29 is 14.7 Å². The molecule has 0 spiro atoms. The fourth-order valence-electron chi connectivity index (χ4n) is 2.25. The Kier molecular flexibility index (Phi) is 5.41. The molecule has 0 aromatic rings. The monoisotopic (exact) mass is 242 g/mol. The number of carbonyl (C=O) groups excluding carboxylic acids is 1. The third-order valence-corrected chi connectivity index (χ3v) is 3.26. The van der Waals surface area contributed by atoms with Crippen LogP contribution in [0.2, 0.25) is 0 Å². The smallest absolute Gasteiger partial charge is 0.320 e. The molecule has 1 heterocycles. The number of carbonyl (C=O) groups is 2. The molecular weight excluding hydrogens is 220 g/mol. The number of rotatable bonds is 5. The van der Waals surface area contributed by atoms with Gasteiger partial charge in [-0.15, -0.1) is 0 Å². The number of carboxylic acids is 1. The predicted molar refractivity (Wildman–Crippen MR) is 64.7 cm³/mol. The first kappa shape index (κ1) is 14.0. The van der Waals surface area contributed by atoms with Gasteiger partial charge >= 0.3 is 5.97 Å². The van der Waals surface area contributed by atoms with E-state index in [1.165, 1.54) is 0 Å². The van der Waals surface area contributed by atoms with E-state index in [0.717, 1.165) is 13.0 Å². The second kappa shape index (κ2) is 6.59. The molecule has 0 bridgehead atoms. The van der Waals surface area contributed by atoms with Crippen LogP contribution in [0, 0.1) is 5.92 Å². The largest absolute Gasteiger partial charge is 0.480 e. The average Bonchev–Trinajstić information content (AvgIpc) is 2.27. The summed E-state index contributed by atoms with van der Waals surface area (Å²) in [6.07, 6.45) is 2.08. The van der Waals surface area contributed by atoms with Crippen molar-refractivity contribution in [3.63, 3.8) is 0 Å². The highest BCUT2D eigenvalue weighted by molar-refractivity contribution is 5.76. The van der Waals surface area contributed by atoms with Crippen molar-refractivity contribution in [2.75, 3.05) is 19.6 Å². The molecule has 98 valence electrons. The number of hydrogen-bond donors (Lipinski definition) is 2. The van der Waals surface area contributed by atoms with Crippen LogP contribution in [0.4, 0.5) is 0 Å². The molecule has 0 radical (unpaired) electrons. The van der Waals surface area contributed by atoms with Crippen molar-refractivity contribution in [3.05, 3.63) is 0 Å². The van der Waals surface area contributed by atoms with Crippen molar-refractivity contribution >= 4 is 11.9 Å². The van der Waals surface area contributed by atoms with Crippen LogP contribution in [0.15, 0.2) is 0 Å². The van der Waals surface area contributed by atoms with Crippen LogP contribution >= 0.6 is 0 Å². The van der Waals surface area contributed by atoms with Crippen molar-refractivity contribution in [2.45, 2.75) is 39.2 Å². The van der Waals surface area contributed by atoms with Gasteiger partial charge in [-0.05, 0) is 32.2 Å². The number of hydrogen-bond acceptors (Lipinski definition) is 3. The van der Waals surface area contributed by atoms with E-state index in [-0.39, 0.29) is 5.91 Å². The van der Waals surface area contributed by atoms with Gasteiger partial charge in [0.05, 0.1) is 0 Å². The molecular formula is C12H22N2O3. The molecule has 0 saturated carbocycles. The van der Waals surface area contributed by atoms with E-state index < -0.39 is 12.0 Å². The minimum absolute atomic E-state index is 0.00439. The van der Waals surface area contributed by atoms with Crippen LogP contribution in [-0.4, -0.2) is 47.6 Å². The van der Waals surface area contributed by atoms with E-state index in [9.17, 15) is 9.59 Å². The Morgan fingerprint density at radius 1 is 1.47 bits per heavy atom. The molecule has 5 nitrogen and oxygen atoms in total. The number of piperidine rings is 1. The van der Waals surface area contributed by atoms with Crippen LogP contribution in [0.5, 0.6) is 0 Å². The molecule has 1 rings (SSSR count). The fourth-order valence-corrected chi connectivity index (χ4v) is 2.25. The number of nitrogens with one attached hydrogen (secondary N) is 1. The number of carboxylic acid groups (broad SMARTS) is 1. The highest BCUT2D eigenvalue weighted by Gasteiger charge is 2.31. The molecule has 1 fully saturated rings. The zero-order valence-corrected chi connectivity index (χ0v) is 10.6. The van der Waals surface area contributed by atoms with E-state index in [2.05, 4.69) is 12.2 Å². The summed E-state index contributed by atoms with van der Waals surface area (Å²) in [5, 5.41) is 11.9. The Bertz CT molecular complexity index is 281. The molecule has 1 saturated heterocycles. The summed E-state index contributed by atoms with van der Waals surface area (Å²) in [5.41, 5.74) is 0. The molecule has 5 heteroatoms. The number of nitrogens with zero attached hydrogens (tertiary/aromatic N) is 1. The second-order valence-electron chi connectivity index (χ2n) is 4.72. The van der Waals surface area contributed by atoms with E-state index in [1.807, 2.05) is 11.8 Å². The van der Waals surface area contributed by atoms with Gasteiger partial charge in [-0.1, -0.05) is 6.92 Å². The van der Waals surface area contributed by atoms with Crippen LogP contribution < -0.4 is 5.32 Å². The van der Waals surface area contributed by atoms with Crippen LogP contribution in [0.3, 0.4) is 0 Å². The minimum atomic E-state index is -0.771. The highest BCUT2D eigenvalue weighted by atomic mass is 16.4. The minimum Gasteiger partial charge on any atom is -0.480 e. The Hall–Kier alpha value is -1.10. The van der Waals surface area contributed by atoms with Gasteiger partial charge < -0.3 is 10.4 Å². The number of amides is 1. The first-order valence-electron chi connectivity index (χ1n) is 6.28. The lowest BCUT2D eigenvalue weighted by molar-refractivity contribution is -0.145. The molecule has 0 aromatic carbocycles. The predicted octanol–water partition coefficient (Wildman–Crippen LogP) is 0.698. The highest BCUT2D eigenvalue weighted by Crippen LogP contribution is 2.22. The normalized spacial score (nSPS) is 25.5. The van der Waals surface area contributed by atoms with E-state index >= 15 is 0 Å². The third kappa shape index (κ3) is 4.34. The van der Waals surface area contributed by atoms with Gasteiger partial charge in [-0.3, -0.25) is 14.5 Å². The van der Waals surface area contributed by atoms with E-state index in [4.69, 9.17) is 5.11 Å². The molecule has 2 unspecified atom stereocenters. The molecule has 0 aliphatic carbocycles. The van der Waals surface area contributed by atoms with Crippen LogP contribution in [0.25, 0.3) is 0 Å². The lowest BCUT2D eigenvalue weighted by atomic mass is 9.92.